The van der Waals surface area contributed by atoms with Crippen LogP contribution in [-0.2, 0) is 6.18 Å². The van der Waals surface area contributed by atoms with Crippen molar-refractivity contribution in [1.82, 2.24) is 0 Å². The SMILES string of the molecule is C=Ic1ccccc1C(F)(F)F. The van der Waals surface area contributed by atoms with Crippen LogP contribution in [0.3, 0.4) is 0 Å². The first-order valence-corrected chi connectivity index (χ1v) is 5.70. The Morgan fingerprint density at radius 3 is 2.17 bits per heavy atom. The molecule has 0 radical (unpaired) electrons. The van der Waals surface area contributed by atoms with Crippen LogP contribution in [0.4, 0.5) is 13.2 Å². The highest BCUT2D eigenvalue weighted by Crippen LogP contribution is 2.33. The van der Waals surface area contributed by atoms with Gasteiger partial charge in [0, 0.05) is 3.57 Å². The second-order valence-electron chi connectivity index (χ2n) is 2.11. The quantitative estimate of drug-likeness (QED) is 0.695. The summed E-state index contributed by atoms with van der Waals surface area (Å²) in [5.41, 5.74) is -0.534. The maximum Gasteiger partial charge on any atom is 0.417 e. The van der Waals surface area contributed by atoms with E-state index in [1.165, 1.54) is 12.1 Å². The molecular formula is C8H6F3I. The first-order valence-electron chi connectivity index (χ1n) is 3.10. The summed E-state index contributed by atoms with van der Waals surface area (Å²) in [6.07, 6.45) is -4.23. The first kappa shape index (κ1) is 9.70. The number of hydrogen-bond donors (Lipinski definition) is 0. The van der Waals surface area contributed by atoms with E-state index in [1.54, 1.807) is 6.07 Å². The van der Waals surface area contributed by atoms with Crippen molar-refractivity contribution < 1.29 is 13.2 Å². The summed E-state index contributed by atoms with van der Waals surface area (Å²) in [6.45, 7) is 0. The molecule has 0 aliphatic carbocycles. The minimum Gasteiger partial charge on any atom is -0.166 e. The summed E-state index contributed by atoms with van der Waals surface area (Å²) in [6, 6.07) is 5.59. The maximum absolute atomic E-state index is 12.2. The molecule has 1 aromatic carbocycles. The van der Waals surface area contributed by atoms with Crippen LogP contribution in [0.25, 0.3) is 0 Å². The third-order valence-electron chi connectivity index (χ3n) is 1.32. The molecule has 0 heterocycles. The molecule has 0 bridgehead atoms. The zero-order chi connectivity index (χ0) is 9.19. The van der Waals surface area contributed by atoms with Gasteiger partial charge in [-0.1, -0.05) is 37.4 Å². The van der Waals surface area contributed by atoms with Gasteiger partial charge in [0.15, 0.2) is 0 Å². The topological polar surface area (TPSA) is 0 Å². The third-order valence-corrected chi connectivity index (χ3v) is 3.09. The van der Waals surface area contributed by atoms with Gasteiger partial charge in [-0.05, 0) is 12.1 Å². The average Bonchev–Trinajstić information content (AvgIpc) is 2.03. The van der Waals surface area contributed by atoms with Crippen molar-refractivity contribution in [2.45, 2.75) is 6.18 Å². The highest BCUT2D eigenvalue weighted by molar-refractivity contribution is 14.2. The molecular weight excluding hydrogens is 280 g/mol. The van der Waals surface area contributed by atoms with Gasteiger partial charge in [0.1, 0.15) is 0 Å². The Balaban J connectivity index is 3.23. The first-order chi connectivity index (χ1) is 5.55. The lowest BCUT2D eigenvalue weighted by Crippen LogP contribution is -2.06. The Morgan fingerprint density at radius 2 is 1.75 bits per heavy atom. The van der Waals surface area contributed by atoms with Crippen LogP contribution in [0.5, 0.6) is 0 Å². The van der Waals surface area contributed by atoms with Gasteiger partial charge in [-0.15, -0.1) is 0 Å². The van der Waals surface area contributed by atoms with Crippen LogP contribution in [0, 0.1) is 3.57 Å². The predicted molar refractivity (Wildman–Crippen MR) is 51.3 cm³/mol. The van der Waals surface area contributed by atoms with Crippen molar-refractivity contribution in [2.75, 3.05) is 0 Å². The van der Waals surface area contributed by atoms with Gasteiger partial charge in [-0.25, -0.2) is 0 Å². The fraction of sp³-hybridized carbons (Fsp3) is 0.125. The fourth-order valence-electron chi connectivity index (χ4n) is 0.808. The lowest BCUT2D eigenvalue weighted by atomic mass is 10.2. The van der Waals surface area contributed by atoms with E-state index in [0.29, 0.717) is 3.57 Å². The van der Waals surface area contributed by atoms with Crippen LogP contribution in [0.1, 0.15) is 5.56 Å². The lowest BCUT2D eigenvalue weighted by molar-refractivity contribution is -0.138. The second kappa shape index (κ2) is 3.55. The Bertz CT molecular complexity index is 291. The van der Waals surface area contributed by atoms with Crippen molar-refractivity contribution in [1.29, 1.82) is 0 Å². The minimum absolute atomic E-state index is 0.351. The lowest BCUT2D eigenvalue weighted by Gasteiger charge is -2.08. The largest absolute Gasteiger partial charge is 0.417 e. The van der Waals surface area contributed by atoms with Gasteiger partial charge in [0.25, 0.3) is 0 Å². The average molecular weight is 286 g/mol. The molecule has 0 nitrogen and oxygen atoms in total. The molecule has 0 aliphatic rings. The summed E-state index contributed by atoms with van der Waals surface area (Å²) in [5.74, 6) is 0. The molecule has 66 valence electrons. The normalized spacial score (nSPS) is 11.6. The second-order valence-corrected chi connectivity index (χ2v) is 4.04. The van der Waals surface area contributed by atoms with E-state index in [9.17, 15) is 13.2 Å². The van der Waals surface area contributed by atoms with Gasteiger partial charge in [-0.2, -0.15) is 13.2 Å². The van der Waals surface area contributed by atoms with Crippen LogP contribution in [-0.4, -0.2) is 4.51 Å². The molecule has 1 aromatic rings. The van der Waals surface area contributed by atoms with Crippen molar-refractivity contribution >= 4 is 25.2 Å². The van der Waals surface area contributed by atoms with Gasteiger partial charge in [0.05, 0.1) is 5.56 Å². The smallest absolute Gasteiger partial charge is 0.166 e. The molecule has 0 aromatic heterocycles. The highest BCUT2D eigenvalue weighted by atomic mass is 127. The van der Waals surface area contributed by atoms with E-state index >= 15 is 0 Å². The zero-order valence-electron chi connectivity index (χ0n) is 6.03. The minimum atomic E-state index is -4.23. The summed E-state index contributed by atoms with van der Waals surface area (Å²) in [4.78, 5) is 0. The Hall–Kier alpha value is -0.390. The Labute approximate surface area is 78.2 Å². The van der Waals surface area contributed by atoms with Gasteiger partial charge in [-0.3, -0.25) is 0 Å². The van der Waals surface area contributed by atoms with E-state index in [2.05, 4.69) is 4.51 Å². The molecule has 0 spiro atoms. The van der Waals surface area contributed by atoms with Crippen molar-refractivity contribution in [2.24, 2.45) is 0 Å². The number of hydrogen-bond acceptors (Lipinski definition) is 0. The predicted octanol–water partition coefficient (Wildman–Crippen LogP) is 3.28. The Morgan fingerprint density at radius 1 is 1.17 bits per heavy atom. The van der Waals surface area contributed by atoms with Crippen LogP contribution >= 0.6 is 20.7 Å². The number of halogens is 4. The van der Waals surface area contributed by atoms with Crippen molar-refractivity contribution in [3.8, 4) is 0 Å². The number of alkyl halides is 3. The third kappa shape index (κ3) is 2.06. The van der Waals surface area contributed by atoms with Gasteiger partial charge in [0.2, 0.25) is 0 Å². The van der Waals surface area contributed by atoms with E-state index < -0.39 is 32.5 Å². The molecule has 0 saturated heterocycles. The highest BCUT2D eigenvalue weighted by Gasteiger charge is 2.32. The van der Waals surface area contributed by atoms with Crippen LogP contribution in [0.15, 0.2) is 24.3 Å². The monoisotopic (exact) mass is 286 g/mol. The summed E-state index contributed by atoms with van der Waals surface area (Å²) in [7, 11) is 0. The molecule has 1 rings (SSSR count). The van der Waals surface area contributed by atoms with E-state index in [0.717, 1.165) is 6.07 Å². The molecule has 0 saturated carbocycles. The number of rotatable bonds is 1. The molecule has 12 heavy (non-hydrogen) atoms. The van der Waals surface area contributed by atoms with E-state index in [-0.39, 0.29) is 0 Å². The van der Waals surface area contributed by atoms with Crippen LogP contribution in [0.2, 0.25) is 0 Å². The van der Waals surface area contributed by atoms with Crippen molar-refractivity contribution in [3.63, 3.8) is 0 Å². The molecule has 4 heteroatoms. The van der Waals surface area contributed by atoms with E-state index in [4.69, 9.17) is 0 Å². The molecule has 0 N–H and O–H groups in total. The van der Waals surface area contributed by atoms with Gasteiger partial charge < -0.3 is 0 Å². The molecule has 0 aliphatic heterocycles. The fourth-order valence-corrected chi connectivity index (χ4v) is 2.17. The van der Waals surface area contributed by atoms with E-state index in [1.807, 2.05) is 0 Å². The standard InChI is InChI=1S/C8H6F3I/c1-12-7-5-3-2-4-6(7)8(9,10)11/h2-5H,1H2. The molecule has 0 unspecified atom stereocenters. The maximum atomic E-state index is 12.2. The van der Waals surface area contributed by atoms with Gasteiger partial charge >= 0.3 is 6.18 Å². The zero-order valence-corrected chi connectivity index (χ0v) is 8.19. The summed E-state index contributed by atoms with van der Waals surface area (Å²) < 4.78 is 40.6. The summed E-state index contributed by atoms with van der Waals surface area (Å²) in [5, 5.41) is 0. The Kier molecular flexibility index (Phi) is 2.87. The summed E-state index contributed by atoms with van der Waals surface area (Å²) >= 11 is -0.748. The molecule has 0 fully saturated rings. The molecule has 0 amide bonds. The number of benzene rings is 1. The van der Waals surface area contributed by atoms with Crippen molar-refractivity contribution in [3.05, 3.63) is 33.4 Å². The molecule has 0 atom stereocenters. The van der Waals surface area contributed by atoms with Crippen LogP contribution < -0.4 is 0 Å².